The molecule has 2 heterocycles. The van der Waals surface area contributed by atoms with E-state index in [9.17, 15) is 14.7 Å². The van der Waals surface area contributed by atoms with Crippen molar-refractivity contribution in [3.8, 4) is 0 Å². The van der Waals surface area contributed by atoms with Crippen LogP contribution in [0.2, 0.25) is 0 Å². The van der Waals surface area contributed by atoms with Gasteiger partial charge in [0.2, 0.25) is 11.8 Å². The Kier molecular flexibility index (Phi) is 7.07. The molecule has 2 aliphatic heterocycles. The summed E-state index contributed by atoms with van der Waals surface area (Å²) in [6, 6.07) is 10.0. The van der Waals surface area contributed by atoms with E-state index in [0.29, 0.717) is 38.5 Å². The van der Waals surface area contributed by atoms with Crippen LogP contribution in [-0.4, -0.2) is 58.5 Å². The normalized spacial score (nSPS) is 27.9. The van der Waals surface area contributed by atoms with Crippen LogP contribution in [0.25, 0.3) is 5.57 Å². The molecule has 1 saturated heterocycles. The molecule has 4 aliphatic rings. The Morgan fingerprint density at radius 2 is 1.77 bits per heavy atom. The summed E-state index contributed by atoms with van der Waals surface area (Å²) < 4.78 is 0. The maximum Gasteiger partial charge on any atom is 0.247 e. The van der Waals surface area contributed by atoms with Gasteiger partial charge in [0.25, 0.3) is 0 Å². The van der Waals surface area contributed by atoms with E-state index < -0.39 is 5.60 Å². The topological polar surface area (TPSA) is 60.9 Å². The minimum Gasteiger partial charge on any atom is -0.387 e. The lowest BCUT2D eigenvalue weighted by atomic mass is 9.65. The Hall–Kier alpha value is -2.14. The number of hydrogen-bond acceptors (Lipinski definition) is 3. The number of benzene rings is 1. The van der Waals surface area contributed by atoms with Gasteiger partial charge < -0.3 is 14.9 Å². The largest absolute Gasteiger partial charge is 0.387 e. The van der Waals surface area contributed by atoms with Gasteiger partial charge in [0.1, 0.15) is 0 Å². The number of carbonyl (C=O) groups excluding carboxylic acids is 2. The summed E-state index contributed by atoms with van der Waals surface area (Å²) in [4.78, 5) is 30.3. The standard InChI is InChI=1S/C30H42N2O3/c1-23(18-24-10-4-2-5-11-24)28(34)31-17-16-30(35,29(21-31)14-8-9-15-29)22-32-20-26(19-27(32)33)25-12-6-3-7-13-25/h3,6-7,12-13,19,23-24,35H,2,4-5,8-11,14-18,20-22H2,1H3/t23-,30-/m1/s1. The zero-order valence-corrected chi connectivity index (χ0v) is 21.4. The zero-order chi connectivity index (χ0) is 24.5. The molecule has 5 rings (SSSR count). The minimum atomic E-state index is -0.942. The van der Waals surface area contributed by atoms with Crippen LogP contribution in [0.3, 0.4) is 0 Å². The third-order valence-corrected chi connectivity index (χ3v) is 9.55. The van der Waals surface area contributed by atoms with Gasteiger partial charge in [0, 0.05) is 37.0 Å². The molecule has 3 fully saturated rings. The molecule has 1 aromatic rings. The fraction of sp³-hybridized carbons (Fsp3) is 0.667. The zero-order valence-electron chi connectivity index (χ0n) is 21.4. The number of hydrogen-bond donors (Lipinski definition) is 1. The van der Waals surface area contributed by atoms with Crippen LogP contribution in [0.1, 0.15) is 83.1 Å². The number of amides is 2. The van der Waals surface area contributed by atoms with Gasteiger partial charge in [-0.15, -0.1) is 0 Å². The SMILES string of the molecule is C[C@H](CC1CCCCC1)C(=O)N1CC[C@@](O)(CN2CC(c3ccccc3)=CC2=O)C2(CCCC2)C1. The highest BCUT2D eigenvalue weighted by molar-refractivity contribution is 6.00. The Morgan fingerprint density at radius 1 is 1.06 bits per heavy atom. The predicted octanol–water partition coefficient (Wildman–Crippen LogP) is 5.04. The van der Waals surface area contributed by atoms with Crippen molar-refractivity contribution in [3.63, 3.8) is 0 Å². The molecule has 1 N–H and O–H groups in total. The lowest BCUT2D eigenvalue weighted by molar-refractivity contribution is -0.167. The summed E-state index contributed by atoms with van der Waals surface area (Å²) in [7, 11) is 0. The Balaban J connectivity index is 1.26. The van der Waals surface area contributed by atoms with Gasteiger partial charge in [-0.3, -0.25) is 9.59 Å². The number of β-amino-alcohol motifs (C(OH)–C–C–N with tert-alkyl or cyclic N) is 1. The smallest absolute Gasteiger partial charge is 0.247 e. The summed E-state index contributed by atoms with van der Waals surface area (Å²) in [6.45, 7) is 4.24. The van der Waals surface area contributed by atoms with Crippen molar-refractivity contribution in [2.75, 3.05) is 26.2 Å². The van der Waals surface area contributed by atoms with E-state index in [-0.39, 0.29) is 23.1 Å². The molecule has 0 bridgehead atoms. The van der Waals surface area contributed by atoms with E-state index in [2.05, 4.69) is 11.8 Å². The number of piperidine rings is 1. The fourth-order valence-electron chi connectivity index (χ4n) is 7.47. The summed E-state index contributed by atoms with van der Waals surface area (Å²) >= 11 is 0. The van der Waals surface area contributed by atoms with Gasteiger partial charge >= 0.3 is 0 Å². The summed E-state index contributed by atoms with van der Waals surface area (Å²) in [6.07, 6.45) is 13.8. The number of aliphatic hydroxyl groups is 1. The first-order valence-corrected chi connectivity index (χ1v) is 14.0. The van der Waals surface area contributed by atoms with Crippen LogP contribution in [-0.2, 0) is 9.59 Å². The molecule has 190 valence electrons. The Labute approximate surface area is 210 Å². The third-order valence-electron chi connectivity index (χ3n) is 9.55. The highest BCUT2D eigenvalue weighted by atomic mass is 16.3. The van der Waals surface area contributed by atoms with Crippen molar-refractivity contribution in [1.82, 2.24) is 9.80 Å². The average Bonchev–Trinajstić information content (AvgIpc) is 3.49. The number of carbonyl (C=O) groups is 2. The van der Waals surface area contributed by atoms with Crippen LogP contribution >= 0.6 is 0 Å². The van der Waals surface area contributed by atoms with Crippen molar-refractivity contribution in [3.05, 3.63) is 42.0 Å². The summed E-state index contributed by atoms with van der Waals surface area (Å²) in [5.74, 6) is 1.01. The molecule has 5 heteroatoms. The van der Waals surface area contributed by atoms with Crippen LogP contribution in [0.5, 0.6) is 0 Å². The molecule has 2 aliphatic carbocycles. The maximum absolute atomic E-state index is 13.5. The van der Waals surface area contributed by atoms with Gasteiger partial charge in [-0.1, -0.05) is 82.2 Å². The second-order valence-corrected chi connectivity index (χ2v) is 11.9. The van der Waals surface area contributed by atoms with Crippen LogP contribution in [0, 0.1) is 17.3 Å². The first-order valence-electron chi connectivity index (χ1n) is 14.0. The molecular weight excluding hydrogens is 436 g/mol. The van der Waals surface area contributed by atoms with E-state index in [1.54, 1.807) is 6.08 Å². The monoisotopic (exact) mass is 478 g/mol. The lowest BCUT2D eigenvalue weighted by Gasteiger charge is -2.53. The highest BCUT2D eigenvalue weighted by Crippen LogP contribution is 2.52. The maximum atomic E-state index is 13.5. The quantitative estimate of drug-likeness (QED) is 0.623. The molecule has 0 unspecified atom stereocenters. The lowest BCUT2D eigenvalue weighted by Crippen LogP contribution is -2.64. The van der Waals surface area contributed by atoms with Gasteiger partial charge in [0.05, 0.1) is 12.1 Å². The summed E-state index contributed by atoms with van der Waals surface area (Å²) in [5.41, 5.74) is 0.839. The van der Waals surface area contributed by atoms with Crippen molar-refractivity contribution in [1.29, 1.82) is 0 Å². The van der Waals surface area contributed by atoms with Crippen molar-refractivity contribution >= 4 is 17.4 Å². The minimum absolute atomic E-state index is 0.00923. The van der Waals surface area contributed by atoms with Crippen molar-refractivity contribution in [2.45, 2.75) is 83.2 Å². The van der Waals surface area contributed by atoms with Crippen molar-refractivity contribution < 1.29 is 14.7 Å². The molecule has 2 atom stereocenters. The molecule has 2 saturated carbocycles. The number of likely N-dealkylation sites (tertiary alicyclic amines) is 1. The second-order valence-electron chi connectivity index (χ2n) is 11.9. The highest BCUT2D eigenvalue weighted by Gasteiger charge is 2.56. The van der Waals surface area contributed by atoms with E-state index in [1.807, 2.05) is 35.2 Å². The number of rotatable bonds is 6. The molecule has 0 aromatic heterocycles. The second kappa shape index (κ2) is 10.1. The molecule has 0 radical (unpaired) electrons. The molecule has 35 heavy (non-hydrogen) atoms. The van der Waals surface area contributed by atoms with Gasteiger partial charge in [-0.05, 0) is 42.7 Å². The molecule has 1 spiro atoms. The van der Waals surface area contributed by atoms with Gasteiger partial charge in [0.15, 0.2) is 0 Å². The van der Waals surface area contributed by atoms with Crippen LogP contribution in [0.4, 0.5) is 0 Å². The van der Waals surface area contributed by atoms with Gasteiger partial charge in [-0.2, -0.15) is 0 Å². The molecular formula is C30H42N2O3. The van der Waals surface area contributed by atoms with Crippen LogP contribution in [0.15, 0.2) is 36.4 Å². The van der Waals surface area contributed by atoms with E-state index in [0.717, 1.165) is 43.2 Å². The first-order chi connectivity index (χ1) is 16.9. The number of nitrogens with zero attached hydrogens (tertiary/aromatic N) is 2. The molecule has 2 amide bonds. The first kappa shape index (κ1) is 24.5. The van der Waals surface area contributed by atoms with E-state index in [4.69, 9.17) is 0 Å². The van der Waals surface area contributed by atoms with Crippen LogP contribution < -0.4 is 0 Å². The molecule has 1 aromatic carbocycles. The van der Waals surface area contributed by atoms with E-state index >= 15 is 0 Å². The van der Waals surface area contributed by atoms with Crippen molar-refractivity contribution in [2.24, 2.45) is 17.3 Å². The third kappa shape index (κ3) is 4.94. The average molecular weight is 479 g/mol. The molecule has 5 nitrogen and oxygen atoms in total. The van der Waals surface area contributed by atoms with Gasteiger partial charge in [-0.25, -0.2) is 0 Å². The summed E-state index contributed by atoms with van der Waals surface area (Å²) in [5, 5.41) is 12.1. The predicted molar refractivity (Wildman–Crippen MR) is 138 cm³/mol. The Morgan fingerprint density at radius 3 is 2.49 bits per heavy atom. The fourth-order valence-corrected chi connectivity index (χ4v) is 7.47. The van der Waals surface area contributed by atoms with E-state index in [1.165, 1.54) is 32.1 Å². The Bertz CT molecular complexity index is 946.